The molecule has 2 aromatic rings. The SMILES string of the molecule is Cc1nnc2cc(C(=O)NCCC(F)(F)F)ccn12. The van der Waals surface area contributed by atoms with Crippen LogP contribution in [0.5, 0.6) is 0 Å². The zero-order chi connectivity index (χ0) is 14.0. The van der Waals surface area contributed by atoms with Gasteiger partial charge in [0.05, 0.1) is 6.42 Å². The molecule has 0 aromatic carbocycles. The van der Waals surface area contributed by atoms with Crippen LogP contribution >= 0.6 is 0 Å². The third-order valence-corrected chi connectivity index (χ3v) is 2.54. The van der Waals surface area contributed by atoms with Gasteiger partial charge in [-0.2, -0.15) is 13.2 Å². The predicted octanol–water partition coefficient (Wildman–Crippen LogP) is 1.72. The molecule has 0 aliphatic heterocycles. The lowest BCUT2D eigenvalue weighted by Crippen LogP contribution is -2.27. The summed E-state index contributed by atoms with van der Waals surface area (Å²) >= 11 is 0. The Morgan fingerprint density at radius 2 is 2.16 bits per heavy atom. The Morgan fingerprint density at radius 1 is 1.42 bits per heavy atom. The van der Waals surface area contributed by atoms with Crippen molar-refractivity contribution in [1.82, 2.24) is 19.9 Å². The molecule has 0 saturated carbocycles. The number of nitrogens with zero attached hydrogens (tertiary/aromatic N) is 3. The van der Waals surface area contributed by atoms with Crippen LogP contribution < -0.4 is 5.32 Å². The van der Waals surface area contributed by atoms with E-state index >= 15 is 0 Å². The third kappa shape index (κ3) is 3.21. The Morgan fingerprint density at radius 3 is 2.84 bits per heavy atom. The molecule has 0 unspecified atom stereocenters. The maximum absolute atomic E-state index is 11.9. The Kier molecular flexibility index (Phi) is 3.41. The molecule has 2 heterocycles. The van der Waals surface area contributed by atoms with Crippen LogP contribution in [-0.4, -0.2) is 33.2 Å². The van der Waals surface area contributed by atoms with Crippen molar-refractivity contribution >= 4 is 11.6 Å². The minimum atomic E-state index is -4.28. The van der Waals surface area contributed by atoms with Crippen molar-refractivity contribution in [1.29, 1.82) is 0 Å². The van der Waals surface area contributed by atoms with Crippen LogP contribution in [0.15, 0.2) is 18.3 Å². The number of hydrogen-bond acceptors (Lipinski definition) is 3. The summed E-state index contributed by atoms with van der Waals surface area (Å²) in [4.78, 5) is 11.6. The Bertz CT molecular complexity index is 605. The molecule has 0 bridgehead atoms. The van der Waals surface area contributed by atoms with Gasteiger partial charge < -0.3 is 5.32 Å². The lowest BCUT2D eigenvalue weighted by molar-refractivity contribution is -0.132. The number of carbonyl (C=O) groups is 1. The Hall–Kier alpha value is -2.12. The van der Waals surface area contributed by atoms with Gasteiger partial charge in [0.2, 0.25) is 0 Å². The van der Waals surface area contributed by atoms with Gasteiger partial charge in [-0.3, -0.25) is 9.20 Å². The molecule has 0 radical (unpaired) electrons. The van der Waals surface area contributed by atoms with Gasteiger partial charge in [0.15, 0.2) is 5.65 Å². The van der Waals surface area contributed by atoms with Gasteiger partial charge in [-0.1, -0.05) is 0 Å². The van der Waals surface area contributed by atoms with Crippen molar-refractivity contribution in [3.05, 3.63) is 29.7 Å². The van der Waals surface area contributed by atoms with E-state index in [-0.39, 0.29) is 5.56 Å². The number of fused-ring (bicyclic) bond motifs is 1. The van der Waals surface area contributed by atoms with Crippen molar-refractivity contribution in [3.63, 3.8) is 0 Å². The van der Waals surface area contributed by atoms with E-state index in [1.54, 1.807) is 17.5 Å². The summed E-state index contributed by atoms with van der Waals surface area (Å²) in [5.74, 6) is 0.103. The van der Waals surface area contributed by atoms with Gasteiger partial charge in [0, 0.05) is 18.3 Å². The molecule has 1 N–H and O–H groups in total. The van der Waals surface area contributed by atoms with Crippen LogP contribution in [0.2, 0.25) is 0 Å². The van der Waals surface area contributed by atoms with Gasteiger partial charge in [-0.15, -0.1) is 10.2 Å². The highest BCUT2D eigenvalue weighted by molar-refractivity contribution is 5.94. The molecule has 2 aromatic heterocycles. The molecule has 1 amide bonds. The quantitative estimate of drug-likeness (QED) is 0.925. The molecule has 8 heteroatoms. The highest BCUT2D eigenvalue weighted by Gasteiger charge is 2.26. The fourth-order valence-electron chi connectivity index (χ4n) is 1.57. The highest BCUT2D eigenvalue weighted by Crippen LogP contribution is 2.18. The average Bonchev–Trinajstić information content (AvgIpc) is 2.69. The van der Waals surface area contributed by atoms with Crippen molar-refractivity contribution in [2.75, 3.05) is 6.54 Å². The predicted molar refractivity (Wildman–Crippen MR) is 60.7 cm³/mol. The average molecular weight is 272 g/mol. The number of halogens is 3. The lowest BCUT2D eigenvalue weighted by atomic mass is 10.2. The van der Waals surface area contributed by atoms with Crippen molar-refractivity contribution in [3.8, 4) is 0 Å². The highest BCUT2D eigenvalue weighted by atomic mass is 19.4. The minimum Gasteiger partial charge on any atom is -0.352 e. The molecule has 0 spiro atoms. The summed E-state index contributed by atoms with van der Waals surface area (Å²) in [5, 5.41) is 9.87. The van der Waals surface area contributed by atoms with Gasteiger partial charge in [-0.05, 0) is 19.1 Å². The fraction of sp³-hybridized carbons (Fsp3) is 0.364. The molecule has 102 valence electrons. The first kappa shape index (κ1) is 13.3. The van der Waals surface area contributed by atoms with Crippen LogP contribution in [0.3, 0.4) is 0 Å². The molecule has 5 nitrogen and oxygen atoms in total. The number of aryl methyl sites for hydroxylation is 1. The Balaban J connectivity index is 2.05. The standard InChI is InChI=1S/C11H11F3N4O/c1-7-16-17-9-6-8(2-5-18(7)9)10(19)15-4-3-11(12,13)14/h2,5-6H,3-4H2,1H3,(H,15,19). The van der Waals surface area contributed by atoms with E-state index in [1.165, 1.54) is 12.1 Å². The van der Waals surface area contributed by atoms with E-state index < -0.39 is 25.0 Å². The van der Waals surface area contributed by atoms with E-state index in [2.05, 4.69) is 15.5 Å². The van der Waals surface area contributed by atoms with Gasteiger partial charge in [-0.25, -0.2) is 0 Å². The maximum Gasteiger partial charge on any atom is 0.390 e. The van der Waals surface area contributed by atoms with E-state index in [0.717, 1.165) is 0 Å². The number of nitrogens with one attached hydrogen (secondary N) is 1. The fourth-order valence-corrected chi connectivity index (χ4v) is 1.57. The Labute approximate surface area is 106 Å². The molecule has 0 fully saturated rings. The maximum atomic E-state index is 11.9. The number of pyridine rings is 1. The first-order chi connectivity index (χ1) is 8.87. The van der Waals surface area contributed by atoms with Crippen LogP contribution in [-0.2, 0) is 0 Å². The third-order valence-electron chi connectivity index (χ3n) is 2.54. The summed E-state index contributed by atoms with van der Waals surface area (Å²) in [6, 6.07) is 2.98. The number of carbonyl (C=O) groups excluding carboxylic acids is 1. The zero-order valence-corrected chi connectivity index (χ0v) is 10.0. The molecule has 0 saturated heterocycles. The molecule has 2 rings (SSSR count). The van der Waals surface area contributed by atoms with Gasteiger partial charge in [0.1, 0.15) is 5.82 Å². The molecular weight excluding hydrogens is 261 g/mol. The van der Waals surface area contributed by atoms with Gasteiger partial charge >= 0.3 is 6.18 Å². The first-order valence-corrected chi connectivity index (χ1v) is 5.53. The molecule has 0 atom stereocenters. The van der Waals surface area contributed by atoms with Crippen molar-refractivity contribution in [2.24, 2.45) is 0 Å². The van der Waals surface area contributed by atoms with Crippen LogP contribution in [0.1, 0.15) is 22.6 Å². The zero-order valence-electron chi connectivity index (χ0n) is 10.0. The van der Waals surface area contributed by atoms with E-state index in [9.17, 15) is 18.0 Å². The first-order valence-electron chi connectivity index (χ1n) is 5.53. The molecule has 0 aliphatic carbocycles. The largest absolute Gasteiger partial charge is 0.390 e. The molecule has 19 heavy (non-hydrogen) atoms. The summed E-state index contributed by atoms with van der Waals surface area (Å²) in [6.45, 7) is 1.31. The second-order valence-electron chi connectivity index (χ2n) is 4.01. The number of aromatic nitrogens is 3. The van der Waals surface area contributed by atoms with E-state index in [0.29, 0.717) is 11.5 Å². The summed E-state index contributed by atoms with van der Waals surface area (Å²) in [6.07, 6.45) is -3.73. The second-order valence-corrected chi connectivity index (χ2v) is 4.01. The van der Waals surface area contributed by atoms with Crippen LogP contribution in [0.4, 0.5) is 13.2 Å². The van der Waals surface area contributed by atoms with Crippen molar-refractivity contribution < 1.29 is 18.0 Å². The van der Waals surface area contributed by atoms with Crippen molar-refractivity contribution in [2.45, 2.75) is 19.5 Å². The summed E-state index contributed by atoms with van der Waals surface area (Å²) in [5.41, 5.74) is 0.725. The number of hydrogen-bond donors (Lipinski definition) is 1. The van der Waals surface area contributed by atoms with E-state index in [1.807, 2.05) is 0 Å². The number of rotatable bonds is 3. The second kappa shape index (κ2) is 4.87. The lowest BCUT2D eigenvalue weighted by Gasteiger charge is -2.08. The monoisotopic (exact) mass is 272 g/mol. The summed E-state index contributed by atoms with van der Waals surface area (Å²) < 4.78 is 37.5. The number of alkyl halides is 3. The van der Waals surface area contributed by atoms with Crippen LogP contribution in [0.25, 0.3) is 5.65 Å². The van der Waals surface area contributed by atoms with Gasteiger partial charge in [0.25, 0.3) is 5.91 Å². The minimum absolute atomic E-state index is 0.252. The smallest absolute Gasteiger partial charge is 0.352 e. The molecular formula is C11H11F3N4O. The summed E-state index contributed by atoms with van der Waals surface area (Å²) in [7, 11) is 0. The topological polar surface area (TPSA) is 59.3 Å². The normalized spacial score (nSPS) is 11.8. The number of amides is 1. The van der Waals surface area contributed by atoms with Crippen LogP contribution in [0, 0.1) is 6.92 Å². The van der Waals surface area contributed by atoms with E-state index in [4.69, 9.17) is 0 Å². The molecule has 0 aliphatic rings.